The van der Waals surface area contributed by atoms with Crippen LogP contribution in [0.5, 0.6) is 0 Å². The van der Waals surface area contributed by atoms with Crippen LogP contribution in [-0.2, 0) is 4.74 Å². The summed E-state index contributed by atoms with van der Waals surface area (Å²) in [5.74, 6) is -0.0810. The zero-order chi connectivity index (χ0) is 14.3. The lowest BCUT2D eigenvalue weighted by atomic mass is 10.2. The van der Waals surface area contributed by atoms with E-state index >= 15 is 0 Å². The van der Waals surface area contributed by atoms with Gasteiger partial charge in [0.25, 0.3) is 5.91 Å². The quantitative estimate of drug-likeness (QED) is 0.610. The Morgan fingerprint density at radius 3 is 2.84 bits per heavy atom. The molecule has 0 saturated heterocycles. The van der Waals surface area contributed by atoms with Gasteiger partial charge in [-0.2, -0.15) is 0 Å². The minimum atomic E-state index is -0.0810. The summed E-state index contributed by atoms with van der Waals surface area (Å²) in [4.78, 5) is 18.2. The second-order valence-corrected chi connectivity index (χ2v) is 5.02. The smallest absolute Gasteiger partial charge is 0.256 e. The molecule has 0 aliphatic heterocycles. The van der Waals surface area contributed by atoms with Crippen molar-refractivity contribution in [2.45, 2.75) is 19.9 Å². The summed E-state index contributed by atoms with van der Waals surface area (Å²) in [6.07, 6.45) is 1.63. The van der Waals surface area contributed by atoms with Crippen LogP contribution in [0, 0.1) is 0 Å². The molecular weight excluding hydrogens is 312 g/mol. The molecule has 1 N–H and O–H groups in total. The van der Waals surface area contributed by atoms with Crippen LogP contribution in [-0.4, -0.2) is 53.3 Å². The van der Waals surface area contributed by atoms with Gasteiger partial charge in [0.15, 0.2) is 0 Å². The second-order valence-electron chi connectivity index (χ2n) is 4.27. The Labute approximate surface area is 121 Å². The third-order valence-corrected chi connectivity index (χ3v) is 3.22. The number of hydrogen-bond donors (Lipinski definition) is 1. The summed E-state index contributed by atoms with van der Waals surface area (Å²) in [7, 11) is 0. The molecule has 1 amide bonds. The number of pyridine rings is 1. The standard InChI is InChI=1S/C13H19BrN2O3/c1-10(2)16(6-8-19-9-7-17)13(18)11-4-3-5-15-12(11)14/h3-5,10,17H,6-9H2,1-2H3. The van der Waals surface area contributed by atoms with Crippen LogP contribution in [0.2, 0.25) is 0 Å². The molecule has 0 radical (unpaired) electrons. The molecule has 0 aliphatic rings. The maximum Gasteiger partial charge on any atom is 0.256 e. The van der Waals surface area contributed by atoms with Gasteiger partial charge >= 0.3 is 0 Å². The SMILES string of the molecule is CC(C)N(CCOCCO)C(=O)c1cccnc1Br. The van der Waals surface area contributed by atoms with Crippen molar-refractivity contribution in [1.82, 2.24) is 9.88 Å². The summed E-state index contributed by atoms with van der Waals surface area (Å²) >= 11 is 3.28. The van der Waals surface area contributed by atoms with Gasteiger partial charge in [0, 0.05) is 18.8 Å². The first kappa shape index (κ1) is 16.1. The van der Waals surface area contributed by atoms with E-state index in [0.29, 0.717) is 23.3 Å². The molecule has 0 bridgehead atoms. The predicted octanol–water partition coefficient (Wildman–Crippen LogP) is 1.70. The highest BCUT2D eigenvalue weighted by atomic mass is 79.9. The molecule has 1 aromatic rings. The van der Waals surface area contributed by atoms with Crippen LogP contribution in [0.4, 0.5) is 0 Å². The average molecular weight is 331 g/mol. The summed E-state index contributed by atoms with van der Waals surface area (Å²) in [5.41, 5.74) is 0.540. The Morgan fingerprint density at radius 2 is 2.26 bits per heavy atom. The van der Waals surface area contributed by atoms with Crippen LogP contribution in [0.1, 0.15) is 24.2 Å². The fraction of sp³-hybridized carbons (Fsp3) is 0.538. The van der Waals surface area contributed by atoms with Crippen molar-refractivity contribution in [3.8, 4) is 0 Å². The first-order valence-electron chi connectivity index (χ1n) is 6.18. The minimum Gasteiger partial charge on any atom is -0.394 e. The lowest BCUT2D eigenvalue weighted by molar-refractivity contribution is 0.0505. The average Bonchev–Trinajstić information content (AvgIpc) is 2.38. The highest BCUT2D eigenvalue weighted by Crippen LogP contribution is 2.16. The van der Waals surface area contributed by atoms with E-state index in [0.717, 1.165) is 0 Å². The number of halogens is 1. The molecular formula is C13H19BrN2O3. The Bertz CT molecular complexity index is 413. The third kappa shape index (κ3) is 4.89. The van der Waals surface area contributed by atoms with Crippen molar-refractivity contribution < 1.29 is 14.6 Å². The Balaban J connectivity index is 2.71. The van der Waals surface area contributed by atoms with Crippen molar-refractivity contribution in [2.24, 2.45) is 0 Å². The normalized spacial score (nSPS) is 10.8. The van der Waals surface area contributed by atoms with E-state index in [2.05, 4.69) is 20.9 Å². The van der Waals surface area contributed by atoms with Gasteiger partial charge in [-0.3, -0.25) is 4.79 Å². The summed E-state index contributed by atoms with van der Waals surface area (Å²) in [6.45, 7) is 5.07. The van der Waals surface area contributed by atoms with Crippen molar-refractivity contribution >= 4 is 21.8 Å². The van der Waals surface area contributed by atoms with Crippen molar-refractivity contribution in [2.75, 3.05) is 26.4 Å². The van der Waals surface area contributed by atoms with Crippen molar-refractivity contribution in [3.05, 3.63) is 28.5 Å². The fourth-order valence-corrected chi connectivity index (χ4v) is 2.04. The van der Waals surface area contributed by atoms with Gasteiger partial charge in [0.1, 0.15) is 4.60 Å². The number of rotatable bonds is 7. The van der Waals surface area contributed by atoms with Crippen molar-refractivity contribution in [3.63, 3.8) is 0 Å². The molecule has 0 spiro atoms. The molecule has 19 heavy (non-hydrogen) atoms. The largest absolute Gasteiger partial charge is 0.394 e. The molecule has 0 saturated carbocycles. The van der Waals surface area contributed by atoms with Gasteiger partial charge in [-0.1, -0.05) is 0 Å². The second kappa shape index (κ2) is 8.24. The Morgan fingerprint density at radius 1 is 1.53 bits per heavy atom. The number of aliphatic hydroxyl groups is 1. The van der Waals surface area contributed by atoms with Crippen LogP contribution in [0.3, 0.4) is 0 Å². The Kier molecular flexibility index (Phi) is 6.97. The Hall–Kier alpha value is -0.980. The minimum absolute atomic E-state index is 0.0101. The highest BCUT2D eigenvalue weighted by molar-refractivity contribution is 9.10. The topological polar surface area (TPSA) is 62.7 Å². The lowest BCUT2D eigenvalue weighted by Gasteiger charge is -2.27. The van der Waals surface area contributed by atoms with E-state index in [9.17, 15) is 4.79 Å². The zero-order valence-corrected chi connectivity index (χ0v) is 12.8. The number of hydrogen-bond acceptors (Lipinski definition) is 4. The maximum atomic E-state index is 12.4. The van der Waals surface area contributed by atoms with Gasteiger partial charge in [0.2, 0.25) is 0 Å². The number of nitrogens with zero attached hydrogens (tertiary/aromatic N) is 2. The molecule has 1 aromatic heterocycles. The van der Waals surface area contributed by atoms with Crippen LogP contribution >= 0.6 is 15.9 Å². The molecule has 5 nitrogen and oxygen atoms in total. The number of carbonyl (C=O) groups is 1. The molecule has 0 aromatic carbocycles. The third-order valence-electron chi connectivity index (χ3n) is 2.59. The van der Waals surface area contributed by atoms with E-state index < -0.39 is 0 Å². The van der Waals surface area contributed by atoms with Crippen LogP contribution in [0.25, 0.3) is 0 Å². The molecule has 0 aliphatic carbocycles. The fourth-order valence-electron chi connectivity index (χ4n) is 1.62. The number of aliphatic hydroxyl groups excluding tert-OH is 1. The maximum absolute atomic E-state index is 12.4. The number of carbonyl (C=O) groups excluding carboxylic acids is 1. The lowest BCUT2D eigenvalue weighted by Crippen LogP contribution is -2.39. The molecule has 0 unspecified atom stereocenters. The van der Waals surface area contributed by atoms with E-state index in [1.807, 2.05) is 13.8 Å². The zero-order valence-electron chi connectivity index (χ0n) is 11.2. The number of amides is 1. The molecule has 106 valence electrons. The number of aromatic nitrogens is 1. The van der Waals surface area contributed by atoms with Gasteiger partial charge in [-0.25, -0.2) is 4.98 Å². The molecule has 1 rings (SSSR count). The van der Waals surface area contributed by atoms with Gasteiger partial charge < -0.3 is 14.7 Å². The van der Waals surface area contributed by atoms with Crippen LogP contribution in [0.15, 0.2) is 22.9 Å². The van der Waals surface area contributed by atoms with Gasteiger partial charge in [0.05, 0.1) is 25.4 Å². The summed E-state index contributed by atoms with van der Waals surface area (Å²) in [6, 6.07) is 3.54. The van der Waals surface area contributed by atoms with E-state index in [1.165, 1.54) is 0 Å². The van der Waals surface area contributed by atoms with E-state index in [1.54, 1.807) is 23.2 Å². The molecule has 1 heterocycles. The summed E-state index contributed by atoms with van der Waals surface area (Å²) < 4.78 is 5.75. The molecule has 6 heteroatoms. The van der Waals surface area contributed by atoms with E-state index in [-0.39, 0.29) is 25.2 Å². The van der Waals surface area contributed by atoms with E-state index in [4.69, 9.17) is 9.84 Å². The van der Waals surface area contributed by atoms with Gasteiger partial charge in [-0.15, -0.1) is 0 Å². The first-order chi connectivity index (χ1) is 9.07. The molecule has 0 fully saturated rings. The van der Waals surface area contributed by atoms with Crippen LogP contribution < -0.4 is 0 Å². The summed E-state index contributed by atoms with van der Waals surface area (Å²) in [5, 5.41) is 8.64. The first-order valence-corrected chi connectivity index (χ1v) is 6.97. The highest BCUT2D eigenvalue weighted by Gasteiger charge is 2.20. The monoisotopic (exact) mass is 330 g/mol. The molecule has 0 atom stereocenters. The van der Waals surface area contributed by atoms with Gasteiger partial charge in [-0.05, 0) is 41.9 Å². The number of ether oxygens (including phenoxy) is 1. The predicted molar refractivity (Wildman–Crippen MR) is 76.0 cm³/mol. The van der Waals surface area contributed by atoms with Crippen molar-refractivity contribution in [1.29, 1.82) is 0 Å².